The number of H-pyrrole nitrogens is 1. The molecule has 1 aromatic carbocycles. The zero-order valence-electron chi connectivity index (χ0n) is 15.6. The van der Waals surface area contributed by atoms with Crippen LogP contribution in [0.3, 0.4) is 0 Å². The molecule has 144 valence electrons. The highest BCUT2D eigenvalue weighted by Gasteiger charge is 2.29. The van der Waals surface area contributed by atoms with E-state index in [1.165, 1.54) is 24.8 Å². The van der Waals surface area contributed by atoms with Gasteiger partial charge in [-0.3, -0.25) is 23.7 Å². The van der Waals surface area contributed by atoms with Gasteiger partial charge in [-0.05, 0) is 25.5 Å². The predicted molar refractivity (Wildman–Crippen MR) is 102 cm³/mol. The van der Waals surface area contributed by atoms with Gasteiger partial charge in [0.25, 0.3) is 15.6 Å². The minimum atomic E-state index is -3.71. The van der Waals surface area contributed by atoms with Crippen molar-refractivity contribution < 1.29 is 17.9 Å². The monoisotopic (exact) mass is 391 g/mol. The summed E-state index contributed by atoms with van der Waals surface area (Å²) in [7, 11) is -0.769. The number of anilines is 1. The summed E-state index contributed by atoms with van der Waals surface area (Å²) in [6.07, 6.45) is 0.731. The van der Waals surface area contributed by atoms with Crippen LogP contribution in [0.1, 0.15) is 40.5 Å². The standard InChI is InChI=1S/C18H21N3O5S/c1-5-8-26-15-10-27(24,25)21(4)14-9-12(6-7-13(14)15)17(22)16-11(2)19-20(3)18(16)23/h6-7,9-10,19H,5,8H2,1-4H3. The van der Waals surface area contributed by atoms with E-state index in [9.17, 15) is 18.0 Å². The van der Waals surface area contributed by atoms with Crippen LogP contribution < -0.4 is 9.86 Å². The van der Waals surface area contributed by atoms with Crippen molar-refractivity contribution in [2.45, 2.75) is 20.3 Å². The highest BCUT2D eigenvalue weighted by molar-refractivity contribution is 7.95. The summed E-state index contributed by atoms with van der Waals surface area (Å²) in [6.45, 7) is 3.94. The Balaban J connectivity index is 2.11. The predicted octanol–water partition coefficient (Wildman–Crippen LogP) is 1.76. The lowest BCUT2D eigenvalue weighted by Crippen LogP contribution is -2.29. The molecule has 0 bridgehead atoms. The molecule has 0 saturated carbocycles. The van der Waals surface area contributed by atoms with Crippen LogP contribution in [0.4, 0.5) is 5.69 Å². The number of ketones is 1. The third-order valence-corrected chi connectivity index (χ3v) is 5.89. The molecule has 0 spiro atoms. The van der Waals surface area contributed by atoms with Gasteiger partial charge in [0, 0.05) is 30.9 Å². The molecule has 0 saturated heterocycles. The van der Waals surface area contributed by atoms with Gasteiger partial charge in [0.1, 0.15) is 11.3 Å². The van der Waals surface area contributed by atoms with Crippen LogP contribution in [-0.4, -0.2) is 37.6 Å². The summed E-state index contributed by atoms with van der Waals surface area (Å²) >= 11 is 0. The fraction of sp³-hybridized carbons (Fsp3) is 0.333. The maximum absolute atomic E-state index is 12.9. The molecular weight excluding hydrogens is 370 g/mol. The number of fused-ring (bicyclic) bond motifs is 1. The molecule has 27 heavy (non-hydrogen) atoms. The molecule has 0 amide bonds. The van der Waals surface area contributed by atoms with Crippen LogP contribution in [0.25, 0.3) is 5.76 Å². The van der Waals surface area contributed by atoms with Crippen molar-refractivity contribution in [1.82, 2.24) is 9.78 Å². The van der Waals surface area contributed by atoms with E-state index in [-0.39, 0.29) is 16.9 Å². The summed E-state index contributed by atoms with van der Waals surface area (Å²) in [6, 6.07) is 4.69. The maximum atomic E-state index is 12.9. The van der Waals surface area contributed by atoms with Gasteiger partial charge < -0.3 is 4.74 Å². The topological polar surface area (TPSA) is 101 Å². The van der Waals surface area contributed by atoms with E-state index in [4.69, 9.17) is 4.74 Å². The first-order chi connectivity index (χ1) is 12.7. The molecule has 2 heterocycles. The Kier molecular flexibility index (Phi) is 4.73. The van der Waals surface area contributed by atoms with Gasteiger partial charge in [-0.1, -0.05) is 13.0 Å². The number of benzene rings is 1. The number of aromatic nitrogens is 2. The quantitative estimate of drug-likeness (QED) is 0.783. The van der Waals surface area contributed by atoms with E-state index < -0.39 is 21.4 Å². The SMILES string of the molecule is CCCOC1=CS(=O)(=O)N(C)c2cc(C(=O)c3c(C)[nH]n(C)c3=O)ccc21. The Morgan fingerprint density at radius 2 is 1.96 bits per heavy atom. The Labute approximate surface area is 157 Å². The average Bonchev–Trinajstić information content (AvgIpc) is 2.88. The average molecular weight is 391 g/mol. The number of carbonyl (C=O) groups excluding carboxylic acids is 1. The van der Waals surface area contributed by atoms with Gasteiger partial charge in [0.15, 0.2) is 0 Å². The van der Waals surface area contributed by atoms with E-state index in [1.807, 2.05) is 6.92 Å². The first kappa shape index (κ1) is 19.0. The molecular formula is C18H21N3O5S. The molecule has 1 aliphatic rings. The molecule has 2 aromatic rings. The fourth-order valence-corrected chi connectivity index (χ4v) is 4.03. The zero-order valence-corrected chi connectivity index (χ0v) is 16.4. The summed E-state index contributed by atoms with van der Waals surface area (Å²) < 4.78 is 32.7. The number of sulfonamides is 1. The lowest BCUT2D eigenvalue weighted by molar-refractivity contribution is 0.103. The normalized spacial score (nSPS) is 15.3. The van der Waals surface area contributed by atoms with Gasteiger partial charge in [0.2, 0.25) is 5.78 Å². The minimum Gasteiger partial charge on any atom is -0.492 e. The second kappa shape index (κ2) is 6.73. The first-order valence-electron chi connectivity index (χ1n) is 8.45. The number of hydrogen-bond donors (Lipinski definition) is 1. The lowest BCUT2D eigenvalue weighted by atomic mass is 10.0. The number of aryl methyl sites for hydroxylation is 2. The molecule has 8 nitrogen and oxygen atoms in total. The van der Waals surface area contributed by atoms with Crippen molar-refractivity contribution in [1.29, 1.82) is 0 Å². The summed E-state index contributed by atoms with van der Waals surface area (Å²) in [5.74, 6) is -0.216. The number of aromatic amines is 1. The molecule has 3 rings (SSSR count). The van der Waals surface area contributed by atoms with Crippen molar-refractivity contribution in [3.63, 3.8) is 0 Å². The van der Waals surface area contributed by atoms with Gasteiger partial charge in [-0.15, -0.1) is 0 Å². The van der Waals surface area contributed by atoms with E-state index in [1.54, 1.807) is 19.1 Å². The molecule has 1 aromatic heterocycles. The molecule has 0 radical (unpaired) electrons. The van der Waals surface area contributed by atoms with Crippen molar-refractivity contribution >= 4 is 27.3 Å². The van der Waals surface area contributed by atoms with Crippen molar-refractivity contribution in [3.8, 4) is 0 Å². The molecule has 1 N–H and O–H groups in total. The van der Waals surface area contributed by atoms with Gasteiger partial charge in [-0.2, -0.15) is 0 Å². The fourth-order valence-electron chi connectivity index (χ4n) is 2.98. The molecule has 0 aliphatic carbocycles. The minimum absolute atomic E-state index is 0.0387. The summed E-state index contributed by atoms with van der Waals surface area (Å²) in [4.78, 5) is 25.1. The Hall–Kier alpha value is -2.81. The van der Waals surface area contributed by atoms with Gasteiger partial charge in [-0.25, -0.2) is 8.42 Å². The highest BCUT2D eigenvalue weighted by atomic mass is 32.2. The van der Waals surface area contributed by atoms with Crippen LogP contribution in [0.5, 0.6) is 0 Å². The first-order valence-corrected chi connectivity index (χ1v) is 9.95. The Morgan fingerprint density at radius 3 is 2.56 bits per heavy atom. The largest absolute Gasteiger partial charge is 0.492 e. The third-order valence-electron chi connectivity index (χ3n) is 4.42. The van der Waals surface area contributed by atoms with Crippen LogP contribution >= 0.6 is 0 Å². The molecule has 0 fully saturated rings. The van der Waals surface area contributed by atoms with Gasteiger partial charge >= 0.3 is 0 Å². The second-order valence-corrected chi connectivity index (χ2v) is 8.19. The smallest absolute Gasteiger partial charge is 0.277 e. The number of carbonyl (C=O) groups is 1. The van der Waals surface area contributed by atoms with Crippen molar-refractivity contribution in [2.75, 3.05) is 18.0 Å². The number of nitrogens with one attached hydrogen (secondary N) is 1. The Bertz CT molecular complexity index is 1110. The van der Waals surface area contributed by atoms with E-state index in [0.717, 1.165) is 16.1 Å². The third kappa shape index (κ3) is 3.18. The number of hydrogen-bond acceptors (Lipinski definition) is 5. The van der Waals surface area contributed by atoms with E-state index in [0.29, 0.717) is 23.6 Å². The van der Waals surface area contributed by atoms with Crippen LogP contribution in [0.15, 0.2) is 28.4 Å². The molecule has 1 aliphatic heterocycles. The zero-order chi connectivity index (χ0) is 19.9. The highest BCUT2D eigenvalue weighted by Crippen LogP contribution is 2.36. The molecule has 0 unspecified atom stereocenters. The van der Waals surface area contributed by atoms with Crippen LogP contribution in [0.2, 0.25) is 0 Å². The number of nitrogens with zero attached hydrogens (tertiary/aromatic N) is 2. The summed E-state index contributed by atoms with van der Waals surface area (Å²) in [5, 5.41) is 3.87. The maximum Gasteiger partial charge on any atom is 0.277 e. The van der Waals surface area contributed by atoms with Gasteiger partial charge in [0.05, 0.1) is 17.7 Å². The van der Waals surface area contributed by atoms with Crippen molar-refractivity contribution in [3.05, 3.63) is 56.3 Å². The Morgan fingerprint density at radius 1 is 1.26 bits per heavy atom. The second-order valence-electron chi connectivity index (χ2n) is 6.38. The van der Waals surface area contributed by atoms with E-state index in [2.05, 4.69) is 5.10 Å². The van der Waals surface area contributed by atoms with Crippen LogP contribution in [0, 0.1) is 6.92 Å². The number of ether oxygens (including phenoxy) is 1. The van der Waals surface area contributed by atoms with Crippen molar-refractivity contribution in [2.24, 2.45) is 7.05 Å². The lowest BCUT2D eigenvalue weighted by Gasteiger charge is -2.27. The van der Waals surface area contributed by atoms with Crippen LogP contribution in [-0.2, 0) is 21.8 Å². The van der Waals surface area contributed by atoms with E-state index >= 15 is 0 Å². The summed E-state index contributed by atoms with van der Waals surface area (Å²) in [5.41, 5.74) is 1.21. The molecule has 9 heteroatoms. The number of rotatable bonds is 5. The molecule has 0 atom stereocenters.